The molecule has 0 saturated heterocycles. The zero-order valence-electron chi connectivity index (χ0n) is 15.8. The first-order valence-corrected chi connectivity index (χ1v) is 8.92. The fourth-order valence-corrected chi connectivity index (χ4v) is 2.82. The first-order valence-electron chi connectivity index (χ1n) is 8.54. The molecule has 2 N–H and O–H groups in total. The molecule has 0 bridgehead atoms. The van der Waals surface area contributed by atoms with Crippen molar-refractivity contribution in [3.63, 3.8) is 0 Å². The molecule has 27 heavy (non-hydrogen) atoms. The number of aryl methyl sites for hydroxylation is 1. The summed E-state index contributed by atoms with van der Waals surface area (Å²) >= 11 is 6.03. The number of anilines is 1. The van der Waals surface area contributed by atoms with Crippen LogP contribution in [0.4, 0.5) is 5.69 Å². The Labute approximate surface area is 163 Å². The number of halogens is 1. The number of ether oxygens (including phenoxy) is 2. The van der Waals surface area contributed by atoms with E-state index in [1.165, 1.54) is 13.2 Å². The van der Waals surface area contributed by atoms with Gasteiger partial charge in [0.05, 0.1) is 24.8 Å². The molecule has 0 aliphatic carbocycles. The SMILES string of the molecule is CCOc1ccc(C)cc1C(C)NC(=O)C(=O)Nc1ccc(OC)c(Cl)c1. The summed E-state index contributed by atoms with van der Waals surface area (Å²) in [7, 11) is 1.50. The first-order chi connectivity index (χ1) is 12.8. The van der Waals surface area contributed by atoms with Gasteiger partial charge in [0.1, 0.15) is 11.5 Å². The van der Waals surface area contributed by atoms with E-state index in [0.29, 0.717) is 28.8 Å². The van der Waals surface area contributed by atoms with E-state index in [-0.39, 0.29) is 0 Å². The summed E-state index contributed by atoms with van der Waals surface area (Å²) < 4.78 is 10.7. The average Bonchev–Trinajstić information content (AvgIpc) is 2.63. The maximum Gasteiger partial charge on any atom is 0.313 e. The lowest BCUT2D eigenvalue weighted by atomic mass is 10.0. The molecular formula is C20H23ClN2O4. The Morgan fingerprint density at radius 2 is 1.81 bits per heavy atom. The molecule has 0 spiro atoms. The van der Waals surface area contributed by atoms with Crippen LogP contribution in [-0.2, 0) is 9.59 Å². The third-order valence-corrected chi connectivity index (χ3v) is 4.19. The second kappa shape index (κ2) is 9.28. The van der Waals surface area contributed by atoms with Crippen molar-refractivity contribution in [1.82, 2.24) is 5.32 Å². The summed E-state index contributed by atoms with van der Waals surface area (Å²) in [5.74, 6) is -0.374. The van der Waals surface area contributed by atoms with Gasteiger partial charge >= 0.3 is 11.8 Å². The maximum absolute atomic E-state index is 12.3. The summed E-state index contributed by atoms with van der Waals surface area (Å²) in [5.41, 5.74) is 2.25. The van der Waals surface area contributed by atoms with Crippen LogP contribution in [-0.4, -0.2) is 25.5 Å². The van der Waals surface area contributed by atoms with Gasteiger partial charge < -0.3 is 20.1 Å². The van der Waals surface area contributed by atoms with Gasteiger partial charge in [0.15, 0.2) is 0 Å². The molecule has 144 valence electrons. The third kappa shape index (κ3) is 5.37. The highest BCUT2D eigenvalue weighted by Gasteiger charge is 2.20. The van der Waals surface area contributed by atoms with Crippen LogP contribution in [0, 0.1) is 6.92 Å². The zero-order valence-corrected chi connectivity index (χ0v) is 16.5. The van der Waals surface area contributed by atoms with E-state index in [1.807, 2.05) is 32.0 Å². The standard InChI is InChI=1S/C20H23ClN2O4/c1-5-27-17-8-6-12(2)10-15(17)13(3)22-19(24)20(25)23-14-7-9-18(26-4)16(21)11-14/h6-11,13H,5H2,1-4H3,(H,22,24)(H,23,25). The number of carbonyl (C=O) groups is 2. The van der Waals surface area contributed by atoms with E-state index in [9.17, 15) is 9.59 Å². The van der Waals surface area contributed by atoms with Crippen molar-refractivity contribution in [2.45, 2.75) is 26.8 Å². The number of benzene rings is 2. The highest BCUT2D eigenvalue weighted by atomic mass is 35.5. The molecule has 2 aromatic rings. The van der Waals surface area contributed by atoms with Crippen LogP contribution in [0.2, 0.25) is 5.02 Å². The van der Waals surface area contributed by atoms with Crippen molar-refractivity contribution in [2.75, 3.05) is 19.0 Å². The van der Waals surface area contributed by atoms with Gasteiger partial charge in [0, 0.05) is 11.3 Å². The number of hydrogen-bond acceptors (Lipinski definition) is 4. The van der Waals surface area contributed by atoms with Gasteiger partial charge in [-0.15, -0.1) is 0 Å². The van der Waals surface area contributed by atoms with Crippen molar-refractivity contribution < 1.29 is 19.1 Å². The molecule has 6 nitrogen and oxygen atoms in total. The van der Waals surface area contributed by atoms with Crippen LogP contribution in [0.25, 0.3) is 0 Å². The summed E-state index contributed by atoms with van der Waals surface area (Å²) in [6, 6.07) is 10.1. The fraction of sp³-hybridized carbons (Fsp3) is 0.300. The van der Waals surface area contributed by atoms with E-state index in [0.717, 1.165) is 11.1 Å². The Hall–Kier alpha value is -2.73. The third-order valence-electron chi connectivity index (χ3n) is 3.90. The zero-order chi connectivity index (χ0) is 20.0. The van der Waals surface area contributed by atoms with E-state index >= 15 is 0 Å². The molecule has 0 radical (unpaired) electrons. The summed E-state index contributed by atoms with van der Waals surface area (Å²) in [6.45, 7) is 6.15. The van der Waals surface area contributed by atoms with Crippen molar-refractivity contribution >= 4 is 29.1 Å². The molecule has 7 heteroatoms. The van der Waals surface area contributed by atoms with Gasteiger partial charge in [0.2, 0.25) is 0 Å². The number of amides is 2. The van der Waals surface area contributed by atoms with Crippen LogP contribution < -0.4 is 20.1 Å². The molecule has 2 rings (SSSR count). The fourth-order valence-electron chi connectivity index (χ4n) is 2.57. The highest BCUT2D eigenvalue weighted by molar-refractivity contribution is 6.40. The van der Waals surface area contributed by atoms with E-state index in [2.05, 4.69) is 10.6 Å². The lowest BCUT2D eigenvalue weighted by Gasteiger charge is -2.18. The van der Waals surface area contributed by atoms with Crippen LogP contribution in [0.5, 0.6) is 11.5 Å². The molecule has 0 heterocycles. The molecule has 2 aromatic carbocycles. The van der Waals surface area contributed by atoms with Gasteiger partial charge in [0.25, 0.3) is 0 Å². The van der Waals surface area contributed by atoms with Crippen molar-refractivity contribution in [1.29, 1.82) is 0 Å². The molecule has 0 aliphatic rings. The minimum atomic E-state index is -0.784. The maximum atomic E-state index is 12.3. The number of methoxy groups -OCH3 is 1. The minimum Gasteiger partial charge on any atom is -0.495 e. The van der Waals surface area contributed by atoms with Gasteiger partial charge in [-0.3, -0.25) is 9.59 Å². The molecule has 0 aliphatic heterocycles. The van der Waals surface area contributed by atoms with Crippen LogP contribution in [0.1, 0.15) is 31.0 Å². The lowest BCUT2D eigenvalue weighted by Crippen LogP contribution is -2.37. The first kappa shape index (κ1) is 20.6. The summed E-state index contributed by atoms with van der Waals surface area (Å²) in [4.78, 5) is 24.5. The Balaban J connectivity index is 2.07. The monoisotopic (exact) mass is 390 g/mol. The van der Waals surface area contributed by atoms with Gasteiger partial charge in [-0.25, -0.2) is 0 Å². The lowest BCUT2D eigenvalue weighted by molar-refractivity contribution is -0.136. The van der Waals surface area contributed by atoms with E-state index in [1.54, 1.807) is 19.1 Å². The summed E-state index contributed by atoms with van der Waals surface area (Å²) in [6.07, 6.45) is 0. The number of rotatable bonds is 6. The number of nitrogens with one attached hydrogen (secondary N) is 2. The minimum absolute atomic E-state index is 0.338. The second-order valence-electron chi connectivity index (χ2n) is 5.97. The molecule has 0 aromatic heterocycles. The molecule has 0 fully saturated rings. The number of carbonyl (C=O) groups excluding carboxylic acids is 2. The van der Waals surface area contributed by atoms with E-state index < -0.39 is 17.9 Å². The molecule has 1 unspecified atom stereocenters. The van der Waals surface area contributed by atoms with Crippen molar-refractivity contribution in [3.8, 4) is 11.5 Å². The van der Waals surface area contributed by atoms with Gasteiger partial charge in [-0.2, -0.15) is 0 Å². The van der Waals surface area contributed by atoms with Crippen LogP contribution in [0.3, 0.4) is 0 Å². The molecular weight excluding hydrogens is 368 g/mol. The largest absolute Gasteiger partial charge is 0.495 e. The van der Waals surface area contributed by atoms with Gasteiger partial charge in [-0.05, 0) is 45.0 Å². The molecule has 2 amide bonds. The predicted molar refractivity (Wildman–Crippen MR) is 106 cm³/mol. The molecule has 0 saturated carbocycles. The Morgan fingerprint density at radius 3 is 2.44 bits per heavy atom. The van der Waals surface area contributed by atoms with Gasteiger partial charge in [-0.1, -0.05) is 29.3 Å². The average molecular weight is 391 g/mol. The second-order valence-corrected chi connectivity index (χ2v) is 6.38. The highest BCUT2D eigenvalue weighted by Crippen LogP contribution is 2.28. The Kier molecular flexibility index (Phi) is 7.07. The quantitative estimate of drug-likeness (QED) is 0.734. The Bertz CT molecular complexity index is 839. The smallest absolute Gasteiger partial charge is 0.313 e. The van der Waals surface area contributed by atoms with Crippen molar-refractivity contribution in [3.05, 3.63) is 52.5 Å². The molecule has 1 atom stereocenters. The van der Waals surface area contributed by atoms with Crippen LogP contribution >= 0.6 is 11.6 Å². The van der Waals surface area contributed by atoms with Crippen molar-refractivity contribution in [2.24, 2.45) is 0 Å². The topological polar surface area (TPSA) is 76.7 Å². The van der Waals surface area contributed by atoms with Crippen LogP contribution in [0.15, 0.2) is 36.4 Å². The normalized spacial score (nSPS) is 11.4. The van der Waals surface area contributed by atoms with E-state index in [4.69, 9.17) is 21.1 Å². The summed E-state index contributed by atoms with van der Waals surface area (Å²) in [5, 5.41) is 5.55. The predicted octanol–water partition coefficient (Wildman–Crippen LogP) is 3.87. The number of hydrogen-bond donors (Lipinski definition) is 2. The Morgan fingerprint density at radius 1 is 1.11 bits per heavy atom.